The van der Waals surface area contributed by atoms with Crippen molar-refractivity contribution in [2.75, 3.05) is 7.11 Å². The summed E-state index contributed by atoms with van der Waals surface area (Å²) in [5.41, 5.74) is 0. The molecule has 0 rings (SSSR count). The summed E-state index contributed by atoms with van der Waals surface area (Å²) in [6.07, 6.45) is 15.7. The zero-order valence-corrected chi connectivity index (χ0v) is 11.4. The maximum absolute atomic E-state index is 11.1. The lowest BCUT2D eigenvalue weighted by molar-refractivity contribution is -0.143. The molecule has 0 saturated carbocycles. The molecule has 0 aromatic heterocycles. The highest BCUT2D eigenvalue weighted by molar-refractivity contribution is 5.73. The van der Waals surface area contributed by atoms with Gasteiger partial charge in [-0.1, -0.05) is 56.9 Å². The monoisotopic (exact) mass is 238 g/mol. The molecule has 0 aromatic carbocycles. The smallest absolute Gasteiger partial charge is 0.312 e. The van der Waals surface area contributed by atoms with Gasteiger partial charge < -0.3 is 4.74 Å². The second-order valence-electron chi connectivity index (χ2n) is 4.33. The number of carbonyl (C=O) groups excluding carboxylic acids is 1. The van der Waals surface area contributed by atoms with Gasteiger partial charge in [0.2, 0.25) is 0 Å². The minimum absolute atomic E-state index is 0.158. The third kappa shape index (κ3) is 9.86. The minimum atomic E-state index is -0.186. The molecule has 2 nitrogen and oxygen atoms in total. The van der Waals surface area contributed by atoms with Crippen molar-refractivity contribution in [3.63, 3.8) is 0 Å². The summed E-state index contributed by atoms with van der Waals surface area (Å²) in [6.45, 7) is 4.06. The highest BCUT2D eigenvalue weighted by Crippen LogP contribution is 2.05. The molecular formula is C15H26O2. The molecule has 0 aliphatic carbocycles. The Hall–Kier alpha value is -1.05. The van der Waals surface area contributed by atoms with Gasteiger partial charge in [0.25, 0.3) is 0 Å². The minimum Gasteiger partial charge on any atom is -0.469 e. The molecule has 0 aliphatic heterocycles. The van der Waals surface area contributed by atoms with Crippen molar-refractivity contribution >= 4 is 5.97 Å². The molecule has 1 atom stereocenters. The predicted octanol–water partition coefficient (Wildman–Crippen LogP) is 4.27. The van der Waals surface area contributed by atoms with E-state index in [1.165, 1.54) is 39.2 Å². The van der Waals surface area contributed by atoms with Crippen molar-refractivity contribution in [2.24, 2.45) is 5.92 Å². The van der Waals surface area contributed by atoms with Gasteiger partial charge in [0.15, 0.2) is 0 Å². The fraction of sp³-hybridized carbons (Fsp3) is 0.667. The van der Waals surface area contributed by atoms with E-state index < -0.39 is 0 Å². The third-order valence-corrected chi connectivity index (χ3v) is 2.69. The molecule has 0 radical (unpaired) electrons. The van der Waals surface area contributed by atoms with Crippen LogP contribution in [0.3, 0.4) is 0 Å². The first-order valence-corrected chi connectivity index (χ1v) is 6.63. The second-order valence-corrected chi connectivity index (χ2v) is 4.33. The van der Waals surface area contributed by atoms with Crippen molar-refractivity contribution in [1.82, 2.24) is 0 Å². The first-order valence-electron chi connectivity index (χ1n) is 6.63. The zero-order valence-electron chi connectivity index (χ0n) is 11.4. The summed E-state index contributed by atoms with van der Waals surface area (Å²) < 4.78 is 4.63. The lowest BCUT2D eigenvalue weighted by Crippen LogP contribution is -2.09. The topological polar surface area (TPSA) is 26.3 Å². The van der Waals surface area contributed by atoms with Crippen molar-refractivity contribution in [2.45, 2.75) is 52.4 Å². The highest BCUT2D eigenvalue weighted by Gasteiger charge is 2.07. The maximum atomic E-state index is 11.1. The van der Waals surface area contributed by atoms with Crippen molar-refractivity contribution in [3.05, 3.63) is 24.3 Å². The number of esters is 1. The standard InChI is InChI=1S/C15H26O2/c1-4-5-6-7-8-9-10-11-12-13-14(2)15(16)17-3/h10-14H,4-9H2,1-3H3. The molecule has 0 aliphatic rings. The fourth-order valence-electron chi connectivity index (χ4n) is 1.54. The molecule has 17 heavy (non-hydrogen) atoms. The molecular weight excluding hydrogens is 212 g/mol. The van der Waals surface area contributed by atoms with Crippen LogP contribution in [0.4, 0.5) is 0 Å². The quantitative estimate of drug-likeness (QED) is 0.341. The van der Waals surface area contributed by atoms with E-state index in [4.69, 9.17) is 0 Å². The summed E-state index contributed by atoms with van der Waals surface area (Å²) >= 11 is 0. The van der Waals surface area contributed by atoms with Gasteiger partial charge in [0.1, 0.15) is 0 Å². The van der Waals surface area contributed by atoms with E-state index in [1.54, 1.807) is 0 Å². The van der Waals surface area contributed by atoms with Gasteiger partial charge in [-0.15, -0.1) is 0 Å². The van der Waals surface area contributed by atoms with Crippen LogP contribution in [0.15, 0.2) is 24.3 Å². The normalized spacial score (nSPS) is 13.4. The Morgan fingerprint density at radius 2 is 1.88 bits per heavy atom. The number of carbonyl (C=O) groups is 1. The van der Waals surface area contributed by atoms with Crippen LogP contribution in [0.25, 0.3) is 0 Å². The van der Waals surface area contributed by atoms with E-state index in [1.807, 2.05) is 25.2 Å². The number of methoxy groups -OCH3 is 1. The summed E-state index contributed by atoms with van der Waals surface area (Å²) in [6, 6.07) is 0. The number of hydrogen-bond donors (Lipinski definition) is 0. The maximum Gasteiger partial charge on any atom is 0.312 e. The Labute approximate surface area is 106 Å². The Kier molecular flexibility index (Phi) is 10.7. The molecule has 98 valence electrons. The molecule has 0 amide bonds. The van der Waals surface area contributed by atoms with Crippen LogP contribution in [0, 0.1) is 5.92 Å². The average Bonchev–Trinajstić information content (AvgIpc) is 2.35. The number of allylic oxidation sites excluding steroid dienone is 3. The van der Waals surface area contributed by atoms with E-state index in [-0.39, 0.29) is 11.9 Å². The van der Waals surface area contributed by atoms with Gasteiger partial charge in [-0.25, -0.2) is 0 Å². The van der Waals surface area contributed by atoms with Crippen LogP contribution < -0.4 is 0 Å². The second kappa shape index (κ2) is 11.4. The molecule has 0 saturated heterocycles. The molecule has 0 heterocycles. The molecule has 2 heteroatoms. The van der Waals surface area contributed by atoms with Crippen molar-refractivity contribution in [3.8, 4) is 0 Å². The Balaban J connectivity index is 3.53. The van der Waals surface area contributed by atoms with E-state index in [9.17, 15) is 4.79 Å². The van der Waals surface area contributed by atoms with Crippen LogP contribution in [0.2, 0.25) is 0 Å². The van der Waals surface area contributed by atoms with Crippen LogP contribution >= 0.6 is 0 Å². The van der Waals surface area contributed by atoms with Crippen molar-refractivity contribution in [1.29, 1.82) is 0 Å². The number of hydrogen-bond acceptors (Lipinski definition) is 2. The fourth-order valence-corrected chi connectivity index (χ4v) is 1.54. The Bertz CT molecular complexity index is 241. The first kappa shape index (κ1) is 16.0. The largest absolute Gasteiger partial charge is 0.469 e. The van der Waals surface area contributed by atoms with Gasteiger partial charge in [0, 0.05) is 0 Å². The molecule has 0 N–H and O–H groups in total. The van der Waals surface area contributed by atoms with Gasteiger partial charge in [-0.2, -0.15) is 0 Å². The molecule has 0 spiro atoms. The predicted molar refractivity (Wildman–Crippen MR) is 72.8 cm³/mol. The number of unbranched alkanes of at least 4 members (excludes halogenated alkanes) is 5. The van der Waals surface area contributed by atoms with Crippen molar-refractivity contribution < 1.29 is 9.53 Å². The number of ether oxygens (including phenoxy) is 1. The summed E-state index contributed by atoms with van der Waals surface area (Å²) in [5.74, 6) is -0.344. The summed E-state index contributed by atoms with van der Waals surface area (Å²) in [7, 11) is 1.42. The molecule has 0 fully saturated rings. The van der Waals surface area contributed by atoms with Crippen LogP contribution in [-0.4, -0.2) is 13.1 Å². The van der Waals surface area contributed by atoms with Crippen LogP contribution in [-0.2, 0) is 9.53 Å². The van der Waals surface area contributed by atoms with Gasteiger partial charge in [0.05, 0.1) is 13.0 Å². The van der Waals surface area contributed by atoms with E-state index in [0.717, 1.165) is 6.42 Å². The van der Waals surface area contributed by atoms with Gasteiger partial charge >= 0.3 is 5.97 Å². The Morgan fingerprint density at radius 3 is 2.53 bits per heavy atom. The molecule has 0 bridgehead atoms. The lowest BCUT2D eigenvalue weighted by Gasteiger charge is -2.01. The van der Waals surface area contributed by atoms with Gasteiger partial charge in [-0.05, 0) is 19.8 Å². The number of rotatable bonds is 9. The average molecular weight is 238 g/mol. The third-order valence-electron chi connectivity index (χ3n) is 2.69. The highest BCUT2D eigenvalue weighted by atomic mass is 16.5. The Morgan fingerprint density at radius 1 is 1.18 bits per heavy atom. The summed E-state index contributed by atoms with van der Waals surface area (Å²) in [5, 5.41) is 0. The molecule has 1 unspecified atom stereocenters. The first-order chi connectivity index (χ1) is 8.22. The van der Waals surface area contributed by atoms with Crippen LogP contribution in [0.1, 0.15) is 52.4 Å². The van der Waals surface area contributed by atoms with E-state index in [0.29, 0.717) is 0 Å². The zero-order chi connectivity index (χ0) is 12.9. The van der Waals surface area contributed by atoms with E-state index in [2.05, 4.69) is 17.7 Å². The van der Waals surface area contributed by atoms with E-state index >= 15 is 0 Å². The lowest BCUT2D eigenvalue weighted by atomic mass is 10.1. The molecule has 0 aromatic rings. The van der Waals surface area contributed by atoms with Gasteiger partial charge in [-0.3, -0.25) is 4.79 Å². The SMILES string of the molecule is CCCCCCCC=CC=CC(C)C(=O)OC. The van der Waals surface area contributed by atoms with Crippen LogP contribution in [0.5, 0.6) is 0 Å². The summed E-state index contributed by atoms with van der Waals surface area (Å²) in [4.78, 5) is 11.1.